The lowest BCUT2D eigenvalue weighted by Gasteiger charge is -2.35. The minimum Gasteiger partial charge on any atom is -0.368 e. The van der Waals surface area contributed by atoms with Crippen LogP contribution in [-0.4, -0.2) is 65.1 Å². The molecule has 0 bridgehead atoms. The van der Waals surface area contributed by atoms with Gasteiger partial charge in [0.25, 0.3) is 11.8 Å². The predicted octanol–water partition coefficient (Wildman–Crippen LogP) is 2.27. The van der Waals surface area contributed by atoms with Crippen molar-refractivity contribution < 1.29 is 14.3 Å². The van der Waals surface area contributed by atoms with Gasteiger partial charge in [0.05, 0.1) is 0 Å². The highest BCUT2D eigenvalue weighted by Crippen LogP contribution is 2.20. The SMILES string of the molecule is CCCn1c(C)cc(/C=C(/C#N)C(=O)N2CCN(C(=O)C3CCCO3)CC2)c1C. The molecule has 2 aliphatic rings. The van der Waals surface area contributed by atoms with Crippen molar-refractivity contribution in [3.63, 3.8) is 0 Å². The zero-order valence-electron chi connectivity index (χ0n) is 17.6. The van der Waals surface area contributed by atoms with Crippen molar-refractivity contribution >= 4 is 17.9 Å². The maximum Gasteiger partial charge on any atom is 0.264 e. The number of ether oxygens (including phenoxy) is 1. The smallest absolute Gasteiger partial charge is 0.264 e. The van der Waals surface area contributed by atoms with Crippen LogP contribution >= 0.6 is 0 Å². The van der Waals surface area contributed by atoms with E-state index in [1.165, 1.54) is 0 Å². The Morgan fingerprint density at radius 3 is 2.52 bits per heavy atom. The highest BCUT2D eigenvalue weighted by atomic mass is 16.5. The number of aryl methyl sites for hydroxylation is 1. The topological polar surface area (TPSA) is 78.6 Å². The van der Waals surface area contributed by atoms with Gasteiger partial charge in [-0.15, -0.1) is 0 Å². The van der Waals surface area contributed by atoms with Gasteiger partial charge in [0.1, 0.15) is 17.7 Å². The standard InChI is InChI=1S/C22H30N4O3/c1-4-7-26-16(2)13-18(17(26)3)14-19(15-23)21(27)24-8-10-25(11-9-24)22(28)20-6-5-12-29-20/h13-14,20H,4-12H2,1-3H3/b19-14-. The number of aromatic nitrogens is 1. The lowest BCUT2D eigenvalue weighted by Crippen LogP contribution is -2.53. The molecule has 1 atom stereocenters. The Kier molecular flexibility index (Phi) is 6.75. The van der Waals surface area contributed by atoms with Crippen molar-refractivity contribution in [3.05, 3.63) is 28.6 Å². The Labute approximate surface area is 172 Å². The Bertz CT molecular complexity index is 835. The van der Waals surface area contributed by atoms with E-state index in [0.717, 1.165) is 42.8 Å². The number of hydrogen-bond acceptors (Lipinski definition) is 4. The van der Waals surface area contributed by atoms with E-state index in [9.17, 15) is 14.9 Å². The molecule has 156 valence electrons. The molecule has 0 radical (unpaired) electrons. The normalized spacial score (nSPS) is 20.1. The van der Waals surface area contributed by atoms with E-state index in [-0.39, 0.29) is 23.5 Å². The van der Waals surface area contributed by atoms with Gasteiger partial charge in [-0.05, 0) is 50.8 Å². The molecule has 2 amide bonds. The highest BCUT2D eigenvalue weighted by molar-refractivity contribution is 6.02. The fourth-order valence-electron chi connectivity index (χ4n) is 4.12. The average Bonchev–Trinajstić information content (AvgIpc) is 3.36. The van der Waals surface area contributed by atoms with Crippen LogP contribution in [0.3, 0.4) is 0 Å². The summed E-state index contributed by atoms with van der Waals surface area (Å²) >= 11 is 0. The monoisotopic (exact) mass is 398 g/mol. The summed E-state index contributed by atoms with van der Waals surface area (Å²) in [5.41, 5.74) is 3.24. The summed E-state index contributed by atoms with van der Waals surface area (Å²) in [5.74, 6) is -0.244. The maximum atomic E-state index is 12.9. The van der Waals surface area contributed by atoms with Crippen LogP contribution in [0.4, 0.5) is 0 Å². The molecule has 0 aromatic carbocycles. The lowest BCUT2D eigenvalue weighted by atomic mass is 10.1. The minimum absolute atomic E-state index is 0.0222. The van der Waals surface area contributed by atoms with E-state index in [4.69, 9.17) is 4.74 Å². The van der Waals surface area contributed by atoms with Crippen LogP contribution in [-0.2, 0) is 20.9 Å². The van der Waals surface area contributed by atoms with Crippen molar-refractivity contribution in [1.29, 1.82) is 5.26 Å². The number of rotatable bonds is 5. The summed E-state index contributed by atoms with van der Waals surface area (Å²) in [5, 5.41) is 9.59. The largest absolute Gasteiger partial charge is 0.368 e. The lowest BCUT2D eigenvalue weighted by molar-refractivity contribution is -0.145. The van der Waals surface area contributed by atoms with Crippen molar-refractivity contribution in [2.45, 2.75) is 52.7 Å². The molecule has 29 heavy (non-hydrogen) atoms. The van der Waals surface area contributed by atoms with Crippen LogP contribution in [0.25, 0.3) is 6.08 Å². The van der Waals surface area contributed by atoms with Gasteiger partial charge in [0.2, 0.25) is 0 Å². The van der Waals surface area contributed by atoms with Crippen LogP contribution in [0.5, 0.6) is 0 Å². The van der Waals surface area contributed by atoms with Crippen LogP contribution < -0.4 is 0 Å². The van der Waals surface area contributed by atoms with Crippen molar-refractivity contribution in [3.8, 4) is 6.07 Å². The third-order valence-electron chi connectivity index (χ3n) is 5.79. The van der Waals surface area contributed by atoms with Crippen LogP contribution in [0, 0.1) is 25.2 Å². The van der Waals surface area contributed by atoms with Gasteiger partial charge in [0.15, 0.2) is 0 Å². The van der Waals surface area contributed by atoms with Crippen molar-refractivity contribution in [2.24, 2.45) is 0 Å². The summed E-state index contributed by atoms with van der Waals surface area (Å²) in [7, 11) is 0. The third-order valence-corrected chi connectivity index (χ3v) is 5.79. The fourth-order valence-corrected chi connectivity index (χ4v) is 4.12. The molecule has 2 saturated heterocycles. The zero-order valence-corrected chi connectivity index (χ0v) is 17.6. The fraction of sp³-hybridized carbons (Fsp3) is 0.591. The maximum absolute atomic E-state index is 12.9. The van der Waals surface area contributed by atoms with E-state index in [0.29, 0.717) is 32.8 Å². The van der Waals surface area contributed by atoms with Gasteiger partial charge < -0.3 is 19.1 Å². The van der Waals surface area contributed by atoms with Gasteiger partial charge in [-0.3, -0.25) is 9.59 Å². The summed E-state index contributed by atoms with van der Waals surface area (Å²) in [6.07, 6.45) is 4.09. The first-order chi connectivity index (χ1) is 14.0. The molecule has 7 nitrogen and oxygen atoms in total. The first-order valence-electron chi connectivity index (χ1n) is 10.4. The summed E-state index contributed by atoms with van der Waals surface area (Å²) in [4.78, 5) is 28.8. The molecule has 0 N–H and O–H groups in total. The number of piperazine rings is 1. The quantitative estimate of drug-likeness (QED) is 0.563. The Hall–Kier alpha value is -2.59. The number of carbonyl (C=O) groups is 2. The highest BCUT2D eigenvalue weighted by Gasteiger charge is 2.32. The molecule has 1 aromatic rings. The molecule has 2 fully saturated rings. The van der Waals surface area contributed by atoms with Gasteiger partial charge >= 0.3 is 0 Å². The Balaban J connectivity index is 1.66. The van der Waals surface area contributed by atoms with E-state index < -0.39 is 0 Å². The summed E-state index contributed by atoms with van der Waals surface area (Å²) in [6.45, 7) is 9.58. The molecule has 7 heteroatoms. The Morgan fingerprint density at radius 2 is 1.93 bits per heavy atom. The summed E-state index contributed by atoms with van der Waals surface area (Å²) < 4.78 is 7.69. The molecule has 1 aromatic heterocycles. The molecule has 0 aliphatic carbocycles. The number of carbonyl (C=O) groups excluding carboxylic acids is 2. The first-order valence-corrected chi connectivity index (χ1v) is 10.4. The second kappa shape index (κ2) is 9.27. The predicted molar refractivity (Wildman–Crippen MR) is 110 cm³/mol. The number of nitriles is 1. The minimum atomic E-state index is -0.329. The molecule has 0 saturated carbocycles. The molecule has 3 heterocycles. The third kappa shape index (κ3) is 4.54. The second-order valence-corrected chi connectivity index (χ2v) is 7.77. The van der Waals surface area contributed by atoms with Gasteiger partial charge in [0, 0.05) is 50.7 Å². The molecular weight excluding hydrogens is 368 g/mol. The number of nitrogens with zero attached hydrogens (tertiary/aromatic N) is 4. The summed E-state index contributed by atoms with van der Waals surface area (Å²) in [6, 6.07) is 4.10. The van der Waals surface area contributed by atoms with E-state index in [1.54, 1.807) is 15.9 Å². The molecule has 2 aliphatic heterocycles. The molecule has 3 rings (SSSR count). The van der Waals surface area contributed by atoms with E-state index >= 15 is 0 Å². The van der Waals surface area contributed by atoms with E-state index in [2.05, 4.69) is 17.6 Å². The van der Waals surface area contributed by atoms with Crippen LogP contribution in [0.1, 0.15) is 43.1 Å². The van der Waals surface area contributed by atoms with Gasteiger partial charge in [-0.25, -0.2) is 0 Å². The molecular formula is C22H30N4O3. The van der Waals surface area contributed by atoms with Crippen molar-refractivity contribution in [2.75, 3.05) is 32.8 Å². The second-order valence-electron chi connectivity index (χ2n) is 7.77. The molecule has 1 unspecified atom stereocenters. The van der Waals surface area contributed by atoms with Gasteiger partial charge in [-0.2, -0.15) is 5.26 Å². The molecule has 0 spiro atoms. The number of hydrogen-bond donors (Lipinski definition) is 0. The first kappa shape index (κ1) is 21.1. The zero-order chi connectivity index (χ0) is 21.0. The van der Waals surface area contributed by atoms with Gasteiger partial charge in [-0.1, -0.05) is 6.92 Å². The average molecular weight is 399 g/mol. The van der Waals surface area contributed by atoms with Crippen molar-refractivity contribution in [1.82, 2.24) is 14.4 Å². The van der Waals surface area contributed by atoms with Crippen LogP contribution in [0.2, 0.25) is 0 Å². The van der Waals surface area contributed by atoms with Crippen LogP contribution in [0.15, 0.2) is 11.6 Å². The Morgan fingerprint density at radius 1 is 1.24 bits per heavy atom. The van der Waals surface area contributed by atoms with E-state index in [1.807, 2.05) is 19.9 Å². The number of amides is 2.